The van der Waals surface area contributed by atoms with Crippen molar-refractivity contribution in [2.24, 2.45) is 11.8 Å². The first-order valence-corrected chi connectivity index (χ1v) is 4.64. The Labute approximate surface area is 75.6 Å². The maximum absolute atomic E-state index is 11.4. The molecule has 0 aliphatic carbocycles. The quantitative estimate of drug-likeness (QED) is 0.528. The molecule has 3 aliphatic heterocycles. The third-order valence-corrected chi connectivity index (χ3v) is 3.60. The van der Waals surface area contributed by atoms with Gasteiger partial charge in [-0.05, 0) is 19.8 Å². The van der Waals surface area contributed by atoms with Crippen LogP contribution < -0.4 is 5.32 Å². The molecule has 4 nitrogen and oxygen atoms in total. The number of amides is 2. The highest BCUT2D eigenvalue weighted by molar-refractivity contribution is 6.06. The summed E-state index contributed by atoms with van der Waals surface area (Å²) in [7, 11) is 0. The van der Waals surface area contributed by atoms with Gasteiger partial charge in [0.1, 0.15) is 0 Å². The Morgan fingerprint density at radius 1 is 1.46 bits per heavy atom. The van der Waals surface area contributed by atoms with E-state index in [2.05, 4.69) is 5.32 Å². The molecule has 3 heterocycles. The van der Waals surface area contributed by atoms with Crippen LogP contribution in [0.3, 0.4) is 0 Å². The van der Waals surface area contributed by atoms with E-state index >= 15 is 0 Å². The molecule has 4 atom stereocenters. The monoisotopic (exact) mass is 181 g/mol. The maximum atomic E-state index is 11.4. The molecule has 2 amide bonds. The highest BCUT2D eigenvalue weighted by Gasteiger charge is 2.65. The molecule has 13 heavy (non-hydrogen) atoms. The zero-order chi connectivity index (χ0) is 9.22. The number of imide groups is 1. The minimum atomic E-state index is -0.369. The fourth-order valence-corrected chi connectivity index (χ4v) is 3.01. The van der Waals surface area contributed by atoms with E-state index in [1.54, 1.807) is 0 Å². The number of hydrogen-bond donors (Lipinski definition) is 1. The Bertz CT molecular complexity index is 314. The molecular weight excluding hydrogens is 170 g/mol. The van der Waals surface area contributed by atoms with E-state index in [1.165, 1.54) is 0 Å². The Hall–Kier alpha value is -0.900. The summed E-state index contributed by atoms with van der Waals surface area (Å²) >= 11 is 0. The molecule has 3 saturated heterocycles. The Morgan fingerprint density at radius 3 is 2.92 bits per heavy atom. The van der Waals surface area contributed by atoms with Crippen molar-refractivity contribution in [3.8, 4) is 0 Å². The van der Waals surface area contributed by atoms with Crippen LogP contribution >= 0.6 is 0 Å². The average Bonchev–Trinajstić information content (AvgIpc) is 2.62. The summed E-state index contributed by atoms with van der Waals surface area (Å²) in [6, 6.07) is 0. The van der Waals surface area contributed by atoms with Crippen LogP contribution in [-0.4, -0.2) is 23.5 Å². The van der Waals surface area contributed by atoms with Crippen LogP contribution in [-0.2, 0) is 14.3 Å². The van der Waals surface area contributed by atoms with Gasteiger partial charge in [0.05, 0.1) is 23.5 Å². The maximum Gasteiger partial charge on any atom is 0.233 e. The smallest absolute Gasteiger partial charge is 0.233 e. The lowest BCUT2D eigenvalue weighted by atomic mass is 9.74. The van der Waals surface area contributed by atoms with Gasteiger partial charge < -0.3 is 4.74 Å². The Morgan fingerprint density at radius 2 is 2.23 bits per heavy atom. The van der Waals surface area contributed by atoms with Gasteiger partial charge in [-0.15, -0.1) is 0 Å². The van der Waals surface area contributed by atoms with Crippen molar-refractivity contribution in [1.82, 2.24) is 5.32 Å². The van der Waals surface area contributed by atoms with Crippen molar-refractivity contribution >= 4 is 11.8 Å². The molecule has 0 aromatic carbocycles. The topological polar surface area (TPSA) is 55.4 Å². The summed E-state index contributed by atoms with van der Waals surface area (Å²) < 4.78 is 5.69. The zero-order valence-electron chi connectivity index (χ0n) is 7.37. The van der Waals surface area contributed by atoms with Crippen LogP contribution in [0.5, 0.6) is 0 Å². The molecule has 0 saturated carbocycles. The van der Waals surface area contributed by atoms with Gasteiger partial charge in [0, 0.05) is 0 Å². The predicted octanol–water partition coefficient (Wildman–Crippen LogP) is -0.174. The number of nitrogens with one attached hydrogen (secondary N) is 1. The fraction of sp³-hybridized carbons (Fsp3) is 0.778. The van der Waals surface area contributed by atoms with Crippen molar-refractivity contribution in [1.29, 1.82) is 0 Å². The molecule has 1 N–H and O–H groups in total. The molecular formula is C9H11NO3. The summed E-state index contributed by atoms with van der Waals surface area (Å²) in [6.45, 7) is 1.94. The van der Waals surface area contributed by atoms with E-state index in [4.69, 9.17) is 4.74 Å². The van der Waals surface area contributed by atoms with Crippen LogP contribution in [0.1, 0.15) is 19.8 Å². The van der Waals surface area contributed by atoms with Crippen molar-refractivity contribution in [2.75, 3.05) is 0 Å². The molecule has 4 heteroatoms. The van der Waals surface area contributed by atoms with E-state index in [9.17, 15) is 9.59 Å². The molecule has 0 radical (unpaired) electrons. The highest BCUT2D eigenvalue weighted by atomic mass is 16.5. The molecule has 3 rings (SSSR count). The lowest BCUT2D eigenvalue weighted by Crippen LogP contribution is -2.38. The number of hydrogen-bond acceptors (Lipinski definition) is 3. The number of carbonyl (C=O) groups excluding carboxylic acids is 2. The second-order valence-electron chi connectivity index (χ2n) is 4.36. The molecule has 70 valence electrons. The van der Waals surface area contributed by atoms with Crippen LogP contribution in [0.25, 0.3) is 0 Å². The van der Waals surface area contributed by atoms with Crippen molar-refractivity contribution in [2.45, 2.75) is 31.5 Å². The number of rotatable bonds is 0. The van der Waals surface area contributed by atoms with Gasteiger partial charge in [0.25, 0.3) is 0 Å². The SMILES string of the molecule is CC12CCC(O1)C1C(=O)NC(=O)C12. The van der Waals surface area contributed by atoms with Gasteiger partial charge in [0.15, 0.2) is 0 Å². The minimum Gasteiger partial charge on any atom is -0.370 e. The molecule has 0 aromatic heterocycles. The van der Waals surface area contributed by atoms with Gasteiger partial charge in [-0.25, -0.2) is 0 Å². The third-order valence-electron chi connectivity index (χ3n) is 3.60. The number of fused-ring (bicyclic) bond motifs is 5. The highest BCUT2D eigenvalue weighted by Crippen LogP contribution is 2.52. The standard InChI is InChI=1S/C9H11NO3/c1-9-3-2-4(13-9)5-6(9)8(12)10-7(5)11/h4-6H,2-3H2,1H3,(H,10,11,12). The predicted molar refractivity (Wildman–Crippen MR) is 42.6 cm³/mol. The first-order chi connectivity index (χ1) is 6.12. The lowest BCUT2D eigenvalue weighted by Gasteiger charge is -2.25. The van der Waals surface area contributed by atoms with Crippen molar-refractivity contribution in [3.05, 3.63) is 0 Å². The Kier molecular flexibility index (Phi) is 1.12. The van der Waals surface area contributed by atoms with E-state index in [-0.39, 0.29) is 35.4 Å². The van der Waals surface area contributed by atoms with Crippen LogP contribution in [0, 0.1) is 11.8 Å². The van der Waals surface area contributed by atoms with Gasteiger partial charge in [-0.1, -0.05) is 0 Å². The molecule has 3 fully saturated rings. The van der Waals surface area contributed by atoms with Gasteiger partial charge in [0.2, 0.25) is 11.8 Å². The molecule has 4 unspecified atom stereocenters. The second-order valence-corrected chi connectivity index (χ2v) is 4.36. The largest absolute Gasteiger partial charge is 0.370 e. The molecule has 2 bridgehead atoms. The van der Waals surface area contributed by atoms with Gasteiger partial charge in [-0.3, -0.25) is 14.9 Å². The average molecular weight is 181 g/mol. The van der Waals surface area contributed by atoms with Crippen LogP contribution in [0.4, 0.5) is 0 Å². The van der Waals surface area contributed by atoms with Gasteiger partial charge in [-0.2, -0.15) is 0 Å². The van der Waals surface area contributed by atoms with Crippen LogP contribution in [0.2, 0.25) is 0 Å². The Balaban J connectivity index is 2.08. The summed E-state index contributed by atoms with van der Waals surface area (Å²) in [5, 5.41) is 2.39. The summed E-state index contributed by atoms with van der Waals surface area (Å²) in [6.07, 6.45) is 1.80. The van der Waals surface area contributed by atoms with E-state index in [1.807, 2.05) is 6.92 Å². The number of carbonyl (C=O) groups is 2. The van der Waals surface area contributed by atoms with E-state index in [0.29, 0.717) is 0 Å². The summed E-state index contributed by atoms with van der Waals surface area (Å²) in [5.41, 5.74) is -0.369. The first kappa shape index (κ1) is 7.50. The van der Waals surface area contributed by atoms with Crippen molar-refractivity contribution in [3.63, 3.8) is 0 Å². The van der Waals surface area contributed by atoms with Crippen LogP contribution in [0.15, 0.2) is 0 Å². The molecule has 0 aromatic rings. The second kappa shape index (κ2) is 1.95. The lowest BCUT2D eigenvalue weighted by molar-refractivity contribution is -0.130. The molecule has 0 spiro atoms. The van der Waals surface area contributed by atoms with Gasteiger partial charge >= 0.3 is 0 Å². The minimum absolute atomic E-state index is 0.0125. The normalized spacial score (nSPS) is 52.5. The summed E-state index contributed by atoms with van der Waals surface area (Å²) in [4.78, 5) is 22.8. The third kappa shape index (κ3) is 0.705. The van der Waals surface area contributed by atoms with E-state index in [0.717, 1.165) is 12.8 Å². The number of ether oxygens (including phenoxy) is 1. The fourth-order valence-electron chi connectivity index (χ4n) is 3.01. The first-order valence-electron chi connectivity index (χ1n) is 4.64. The van der Waals surface area contributed by atoms with Crippen molar-refractivity contribution < 1.29 is 14.3 Å². The molecule has 3 aliphatic rings. The summed E-state index contributed by atoms with van der Waals surface area (Å²) in [5.74, 6) is -0.701. The zero-order valence-corrected chi connectivity index (χ0v) is 7.37. The van der Waals surface area contributed by atoms with E-state index < -0.39 is 0 Å².